The third kappa shape index (κ3) is 4.28. The molecule has 0 saturated carbocycles. The van der Waals surface area contributed by atoms with E-state index in [0.29, 0.717) is 23.8 Å². The molecule has 2 aromatic rings. The van der Waals surface area contributed by atoms with Gasteiger partial charge in [0.05, 0.1) is 10.9 Å². The quantitative estimate of drug-likeness (QED) is 0.702. The Hall–Kier alpha value is -2.93. The molecule has 0 radical (unpaired) electrons. The smallest absolute Gasteiger partial charge is 0.259 e. The van der Waals surface area contributed by atoms with Gasteiger partial charge in [-0.05, 0) is 44.0 Å². The summed E-state index contributed by atoms with van der Waals surface area (Å²) in [6.07, 6.45) is 2.18. The molecule has 0 aromatic heterocycles. The number of aliphatic imine (C=N–C) groups is 2. The van der Waals surface area contributed by atoms with Crippen molar-refractivity contribution >= 4 is 46.0 Å². The van der Waals surface area contributed by atoms with E-state index < -0.39 is 6.04 Å². The van der Waals surface area contributed by atoms with Gasteiger partial charge in [0.25, 0.3) is 5.91 Å². The van der Waals surface area contributed by atoms with Gasteiger partial charge in [0.1, 0.15) is 11.9 Å². The molecule has 2 atom stereocenters. The molecule has 2 aliphatic heterocycles. The molecule has 0 spiro atoms. The van der Waals surface area contributed by atoms with Crippen LogP contribution < -0.4 is 5.32 Å². The summed E-state index contributed by atoms with van der Waals surface area (Å²) in [5.41, 5.74) is 3.53. The summed E-state index contributed by atoms with van der Waals surface area (Å²) in [5, 5.41) is 3.12. The number of anilines is 1. The van der Waals surface area contributed by atoms with Crippen LogP contribution in [0.4, 0.5) is 11.4 Å². The van der Waals surface area contributed by atoms with Gasteiger partial charge in [-0.2, -0.15) is 0 Å². The molecular formula is C24H26N4O2S. The van der Waals surface area contributed by atoms with Crippen molar-refractivity contribution < 1.29 is 9.59 Å². The number of hydrogen-bond donors (Lipinski definition) is 1. The van der Waals surface area contributed by atoms with Crippen LogP contribution in [0.2, 0.25) is 0 Å². The molecule has 4 rings (SSSR count). The highest BCUT2D eigenvalue weighted by molar-refractivity contribution is 8.15. The Bertz CT molecular complexity index is 1060. The van der Waals surface area contributed by atoms with Crippen molar-refractivity contribution in [1.29, 1.82) is 0 Å². The second kappa shape index (κ2) is 9.06. The van der Waals surface area contributed by atoms with Crippen LogP contribution in [0.3, 0.4) is 0 Å². The molecule has 0 saturated heterocycles. The normalized spacial score (nSPS) is 18.1. The number of carbonyl (C=O) groups excluding carboxylic acids is 2. The second-order valence-corrected chi connectivity index (χ2v) is 8.88. The maximum absolute atomic E-state index is 13.1. The summed E-state index contributed by atoms with van der Waals surface area (Å²) in [6.45, 7) is 6.02. The lowest BCUT2D eigenvalue weighted by Crippen LogP contribution is -2.42. The molecule has 0 fully saturated rings. The highest BCUT2D eigenvalue weighted by atomic mass is 32.2. The Morgan fingerprint density at radius 1 is 1.16 bits per heavy atom. The lowest BCUT2D eigenvalue weighted by atomic mass is 10.1. The topological polar surface area (TPSA) is 74.1 Å². The number of fused-ring (bicyclic) bond motifs is 3. The number of hydrogen-bond acceptors (Lipinski definition) is 5. The first-order valence-corrected chi connectivity index (χ1v) is 11.5. The van der Waals surface area contributed by atoms with Crippen LogP contribution in [0.1, 0.15) is 44.2 Å². The second-order valence-electron chi connectivity index (χ2n) is 7.71. The van der Waals surface area contributed by atoms with Crippen molar-refractivity contribution in [3.05, 3.63) is 59.7 Å². The van der Waals surface area contributed by atoms with Crippen LogP contribution in [0, 0.1) is 6.92 Å². The summed E-state index contributed by atoms with van der Waals surface area (Å²) >= 11 is 1.32. The zero-order valence-corrected chi connectivity index (χ0v) is 18.8. The number of thioether (sulfide) groups is 1. The van der Waals surface area contributed by atoms with Crippen molar-refractivity contribution in [1.82, 2.24) is 4.90 Å². The van der Waals surface area contributed by atoms with E-state index in [4.69, 9.17) is 9.98 Å². The van der Waals surface area contributed by atoms with Crippen molar-refractivity contribution in [2.75, 3.05) is 5.32 Å². The van der Waals surface area contributed by atoms with Crippen LogP contribution in [0.15, 0.2) is 58.5 Å². The summed E-state index contributed by atoms with van der Waals surface area (Å²) < 4.78 is 0. The fourth-order valence-corrected chi connectivity index (χ4v) is 4.67. The molecule has 2 heterocycles. The van der Waals surface area contributed by atoms with Crippen LogP contribution in [-0.4, -0.2) is 39.0 Å². The Balaban J connectivity index is 1.61. The third-order valence-electron chi connectivity index (χ3n) is 5.34. The van der Waals surface area contributed by atoms with E-state index >= 15 is 0 Å². The molecule has 0 aliphatic carbocycles. The number of benzene rings is 2. The predicted octanol–water partition coefficient (Wildman–Crippen LogP) is 4.90. The minimum Gasteiger partial charge on any atom is -0.325 e. The number of amides is 2. The van der Waals surface area contributed by atoms with E-state index in [1.807, 2.05) is 69.3 Å². The van der Waals surface area contributed by atoms with Gasteiger partial charge in [0.15, 0.2) is 5.17 Å². The summed E-state index contributed by atoms with van der Waals surface area (Å²) in [7, 11) is 0. The third-order valence-corrected chi connectivity index (χ3v) is 6.66. The number of aryl methyl sites for hydroxylation is 1. The van der Waals surface area contributed by atoms with E-state index in [-0.39, 0.29) is 17.1 Å². The van der Waals surface area contributed by atoms with Crippen molar-refractivity contribution in [2.24, 2.45) is 9.98 Å². The SMILES string of the molecule is CCC[C@@H]1N=C2c3ccccc3N=C(S[C@@H](CC)C(=O)Nc3ccc(C)cc3)N2C1=O. The summed E-state index contributed by atoms with van der Waals surface area (Å²) in [4.78, 5) is 37.2. The number of amidine groups is 2. The van der Waals surface area contributed by atoms with Gasteiger partial charge in [0, 0.05) is 11.3 Å². The predicted molar refractivity (Wildman–Crippen MR) is 127 cm³/mol. The van der Waals surface area contributed by atoms with Crippen molar-refractivity contribution in [3.63, 3.8) is 0 Å². The Labute approximate surface area is 186 Å². The van der Waals surface area contributed by atoms with Crippen LogP contribution in [0.25, 0.3) is 0 Å². The molecule has 2 aromatic carbocycles. The van der Waals surface area contributed by atoms with Gasteiger partial charge >= 0.3 is 0 Å². The van der Waals surface area contributed by atoms with Gasteiger partial charge in [-0.25, -0.2) is 9.89 Å². The number of para-hydroxylation sites is 1. The molecule has 6 nitrogen and oxygen atoms in total. The molecule has 1 N–H and O–H groups in total. The Kier molecular flexibility index (Phi) is 6.23. The maximum atomic E-state index is 13.1. The van der Waals surface area contributed by atoms with E-state index in [1.165, 1.54) is 11.8 Å². The van der Waals surface area contributed by atoms with Gasteiger partial charge in [-0.3, -0.25) is 14.6 Å². The summed E-state index contributed by atoms with van der Waals surface area (Å²) in [6, 6.07) is 15.0. The Morgan fingerprint density at radius 3 is 2.61 bits per heavy atom. The maximum Gasteiger partial charge on any atom is 0.259 e. The highest BCUT2D eigenvalue weighted by Crippen LogP contribution is 2.36. The van der Waals surface area contributed by atoms with Gasteiger partial charge < -0.3 is 5.32 Å². The average Bonchev–Trinajstić information content (AvgIpc) is 3.10. The minimum atomic E-state index is -0.390. The number of nitrogens with one attached hydrogen (secondary N) is 1. The first-order valence-electron chi connectivity index (χ1n) is 10.7. The van der Waals surface area contributed by atoms with E-state index in [2.05, 4.69) is 5.32 Å². The first-order chi connectivity index (χ1) is 15.0. The van der Waals surface area contributed by atoms with Gasteiger partial charge in [-0.15, -0.1) is 0 Å². The minimum absolute atomic E-state index is 0.0635. The molecule has 0 bridgehead atoms. The van der Waals surface area contributed by atoms with Crippen molar-refractivity contribution in [2.45, 2.75) is 51.3 Å². The van der Waals surface area contributed by atoms with E-state index in [0.717, 1.165) is 28.9 Å². The zero-order valence-electron chi connectivity index (χ0n) is 18.0. The van der Waals surface area contributed by atoms with Gasteiger partial charge in [0.2, 0.25) is 5.91 Å². The fraction of sp³-hybridized carbons (Fsp3) is 0.333. The first kappa shape index (κ1) is 21.3. The number of carbonyl (C=O) groups is 2. The molecule has 31 heavy (non-hydrogen) atoms. The van der Waals surface area contributed by atoms with Crippen LogP contribution >= 0.6 is 11.8 Å². The molecule has 2 amide bonds. The number of rotatable bonds is 6. The molecule has 0 unspecified atom stereocenters. The van der Waals surface area contributed by atoms with Crippen LogP contribution in [-0.2, 0) is 9.59 Å². The lowest BCUT2D eigenvalue weighted by molar-refractivity contribution is -0.124. The molecule has 2 aliphatic rings. The monoisotopic (exact) mass is 434 g/mol. The van der Waals surface area contributed by atoms with Crippen molar-refractivity contribution in [3.8, 4) is 0 Å². The molecular weight excluding hydrogens is 408 g/mol. The highest BCUT2D eigenvalue weighted by Gasteiger charge is 2.41. The van der Waals surface area contributed by atoms with Crippen LogP contribution in [0.5, 0.6) is 0 Å². The Morgan fingerprint density at radius 2 is 1.90 bits per heavy atom. The summed E-state index contributed by atoms with van der Waals surface area (Å²) in [5.74, 6) is 0.477. The number of nitrogens with zero attached hydrogens (tertiary/aromatic N) is 3. The standard InChI is InChI=1S/C24H26N4O2S/c1-4-8-19-23(30)28-21(26-19)17-9-6-7-10-18(17)27-24(28)31-20(5-2)22(29)25-16-13-11-15(3)12-14-16/h6-7,9-14,19-20H,4-5,8H2,1-3H3,(H,25,29)/t19-,20-/m0/s1. The zero-order chi connectivity index (χ0) is 22.0. The molecule has 160 valence electrons. The molecule has 7 heteroatoms. The average molecular weight is 435 g/mol. The largest absolute Gasteiger partial charge is 0.325 e. The van der Waals surface area contributed by atoms with E-state index in [1.54, 1.807) is 4.90 Å². The lowest BCUT2D eigenvalue weighted by Gasteiger charge is -2.27. The van der Waals surface area contributed by atoms with E-state index in [9.17, 15) is 9.59 Å². The van der Waals surface area contributed by atoms with Gasteiger partial charge in [-0.1, -0.05) is 61.9 Å². The fourth-order valence-electron chi connectivity index (χ4n) is 3.65.